The van der Waals surface area contributed by atoms with E-state index in [0.29, 0.717) is 25.9 Å². The largest absolute Gasteiger partial charge is 0.417 e. The first kappa shape index (κ1) is 11.8. The molecule has 1 heterocycles. The van der Waals surface area contributed by atoms with Crippen LogP contribution in [-0.4, -0.2) is 41.9 Å². The van der Waals surface area contributed by atoms with Crippen LogP contribution in [0.25, 0.3) is 0 Å². The van der Waals surface area contributed by atoms with Gasteiger partial charge in [-0.15, -0.1) is 0 Å². The van der Waals surface area contributed by atoms with Gasteiger partial charge in [0.15, 0.2) is 5.60 Å². The third-order valence-corrected chi connectivity index (χ3v) is 3.09. The maximum absolute atomic E-state index is 12.5. The van der Waals surface area contributed by atoms with Gasteiger partial charge in [0.2, 0.25) is 0 Å². The lowest BCUT2D eigenvalue weighted by Gasteiger charge is -2.39. The van der Waals surface area contributed by atoms with Gasteiger partial charge in [-0.1, -0.05) is 0 Å². The lowest BCUT2D eigenvalue weighted by atomic mass is 9.81. The Kier molecular flexibility index (Phi) is 3.11. The van der Waals surface area contributed by atoms with Crippen LogP contribution in [0.3, 0.4) is 0 Å². The van der Waals surface area contributed by atoms with E-state index in [2.05, 4.69) is 0 Å². The highest BCUT2D eigenvalue weighted by Gasteiger charge is 2.54. The highest BCUT2D eigenvalue weighted by molar-refractivity contribution is 4.91. The smallest absolute Gasteiger partial charge is 0.380 e. The second kappa shape index (κ2) is 3.70. The van der Waals surface area contributed by atoms with E-state index in [0.717, 1.165) is 6.92 Å². The first-order chi connectivity index (χ1) is 6.25. The quantitative estimate of drug-likeness (QED) is 0.712. The summed E-state index contributed by atoms with van der Waals surface area (Å²) in [4.78, 5) is 1.98. The van der Waals surface area contributed by atoms with Crippen molar-refractivity contribution < 1.29 is 18.3 Å². The van der Waals surface area contributed by atoms with Crippen LogP contribution in [0.4, 0.5) is 13.2 Å². The fourth-order valence-corrected chi connectivity index (χ4v) is 1.80. The minimum atomic E-state index is -4.52. The number of hydrogen-bond acceptors (Lipinski definition) is 2. The summed E-state index contributed by atoms with van der Waals surface area (Å²) in [6.07, 6.45) is -3.71. The lowest BCUT2D eigenvalue weighted by Crippen LogP contribution is -2.51. The molecule has 0 aromatic rings. The number of hydrogen-bond donors (Lipinski definition) is 1. The Morgan fingerprint density at radius 2 is 1.64 bits per heavy atom. The summed E-state index contributed by atoms with van der Waals surface area (Å²) in [5.41, 5.74) is -2.53. The minimum Gasteiger partial charge on any atom is -0.380 e. The van der Waals surface area contributed by atoms with Crippen LogP contribution in [0.5, 0.6) is 0 Å². The highest BCUT2D eigenvalue weighted by Crippen LogP contribution is 2.40. The van der Waals surface area contributed by atoms with E-state index >= 15 is 0 Å². The number of rotatable bonds is 1. The monoisotopic (exact) mass is 211 g/mol. The molecule has 1 aliphatic rings. The SMILES string of the molecule is CN1CCC(C(C)(O)C(F)(F)F)CC1. The molecule has 5 heteroatoms. The van der Waals surface area contributed by atoms with E-state index in [1.165, 1.54) is 0 Å². The normalized spacial score (nSPS) is 26.1. The van der Waals surface area contributed by atoms with Crippen LogP contribution < -0.4 is 0 Å². The summed E-state index contributed by atoms with van der Waals surface area (Å²) in [6, 6.07) is 0. The van der Waals surface area contributed by atoms with Crippen molar-refractivity contribution in [3.05, 3.63) is 0 Å². The van der Waals surface area contributed by atoms with Crippen LogP contribution in [0.1, 0.15) is 19.8 Å². The molecule has 0 bridgehead atoms. The molecule has 1 rings (SSSR count). The molecule has 1 saturated heterocycles. The zero-order valence-electron chi connectivity index (χ0n) is 8.43. The molecule has 1 N–H and O–H groups in total. The molecule has 2 nitrogen and oxygen atoms in total. The number of halogens is 3. The average Bonchev–Trinajstić information content (AvgIpc) is 2.03. The molecule has 1 fully saturated rings. The summed E-state index contributed by atoms with van der Waals surface area (Å²) in [5.74, 6) is -0.668. The molecular weight excluding hydrogens is 195 g/mol. The number of piperidine rings is 1. The predicted molar refractivity (Wildman–Crippen MR) is 46.9 cm³/mol. The zero-order chi connectivity index (χ0) is 11.0. The Bertz CT molecular complexity index is 195. The molecule has 0 radical (unpaired) electrons. The molecule has 1 unspecified atom stereocenters. The Morgan fingerprint density at radius 3 is 2.00 bits per heavy atom. The summed E-state index contributed by atoms with van der Waals surface area (Å²) in [5, 5.41) is 9.42. The molecule has 0 aromatic carbocycles. The molecule has 14 heavy (non-hydrogen) atoms. The molecule has 0 spiro atoms. The summed E-state index contributed by atoms with van der Waals surface area (Å²) in [6.45, 7) is 2.12. The van der Waals surface area contributed by atoms with Crippen molar-refractivity contribution in [2.45, 2.75) is 31.5 Å². The molecule has 0 aliphatic carbocycles. The predicted octanol–water partition coefficient (Wildman–Crippen LogP) is 1.64. The van der Waals surface area contributed by atoms with Crippen molar-refractivity contribution in [2.24, 2.45) is 5.92 Å². The number of alkyl halides is 3. The molecule has 0 saturated carbocycles. The van der Waals surface area contributed by atoms with Gasteiger partial charge in [0.1, 0.15) is 0 Å². The van der Waals surface area contributed by atoms with Gasteiger partial charge >= 0.3 is 6.18 Å². The van der Waals surface area contributed by atoms with Gasteiger partial charge in [0.05, 0.1) is 0 Å². The third kappa shape index (κ3) is 2.20. The average molecular weight is 211 g/mol. The van der Waals surface area contributed by atoms with Gasteiger partial charge in [0, 0.05) is 0 Å². The maximum Gasteiger partial charge on any atom is 0.417 e. The highest BCUT2D eigenvalue weighted by atomic mass is 19.4. The van der Waals surface area contributed by atoms with Gasteiger partial charge in [-0.05, 0) is 45.8 Å². The van der Waals surface area contributed by atoms with Crippen molar-refractivity contribution in [1.82, 2.24) is 4.90 Å². The van der Waals surface area contributed by atoms with E-state index in [1.807, 2.05) is 11.9 Å². The van der Waals surface area contributed by atoms with Crippen LogP contribution in [0, 0.1) is 5.92 Å². The molecule has 1 aliphatic heterocycles. The number of likely N-dealkylation sites (tertiary alicyclic amines) is 1. The Labute approximate surface area is 81.7 Å². The van der Waals surface area contributed by atoms with Crippen molar-refractivity contribution in [1.29, 1.82) is 0 Å². The van der Waals surface area contributed by atoms with Crippen molar-refractivity contribution >= 4 is 0 Å². The molecule has 84 valence electrons. The van der Waals surface area contributed by atoms with E-state index in [-0.39, 0.29) is 0 Å². The molecular formula is C9H16F3NO. The lowest BCUT2D eigenvalue weighted by molar-refractivity contribution is -0.275. The molecule has 0 aromatic heterocycles. The van der Waals surface area contributed by atoms with Gasteiger partial charge in [-0.3, -0.25) is 0 Å². The number of nitrogens with zero attached hydrogens (tertiary/aromatic N) is 1. The van der Waals surface area contributed by atoms with Crippen molar-refractivity contribution in [3.8, 4) is 0 Å². The zero-order valence-corrected chi connectivity index (χ0v) is 8.43. The van der Waals surface area contributed by atoms with E-state index in [4.69, 9.17) is 0 Å². The summed E-state index contributed by atoms with van der Waals surface area (Å²) >= 11 is 0. The third-order valence-electron chi connectivity index (χ3n) is 3.09. The minimum absolute atomic E-state index is 0.406. The van der Waals surface area contributed by atoms with E-state index in [1.54, 1.807) is 0 Å². The maximum atomic E-state index is 12.5. The van der Waals surface area contributed by atoms with Gasteiger partial charge in [-0.25, -0.2) is 0 Å². The van der Waals surface area contributed by atoms with Crippen LogP contribution in [0.2, 0.25) is 0 Å². The number of aliphatic hydroxyl groups is 1. The topological polar surface area (TPSA) is 23.5 Å². The molecule has 0 amide bonds. The first-order valence-electron chi connectivity index (χ1n) is 4.73. The van der Waals surface area contributed by atoms with E-state index in [9.17, 15) is 18.3 Å². The van der Waals surface area contributed by atoms with Gasteiger partial charge in [0.25, 0.3) is 0 Å². The van der Waals surface area contributed by atoms with Crippen molar-refractivity contribution in [3.63, 3.8) is 0 Å². The van der Waals surface area contributed by atoms with Crippen LogP contribution in [-0.2, 0) is 0 Å². The summed E-state index contributed by atoms with van der Waals surface area (Å²) in [7, 11) is 1.87. The van der Waals surface area contributed by atoms with Gasteiger partial charge < -0.3 is 10.0 Å². The Hall–Kier alpha value is -0.290. The second-order valence-electron chi connectivity index (χ2n) is 4.22. The van der Waals surface area contributed by atoms with E-state index < -0.39 is 17.7 Å². The molecule has 1 atom stereocenters. The Morgan fingerprint density at radius 1 is 1.21 bits per heavy atom. The van der Waals surface area contributed by atoms with Gasteiger partial charge in [-0.2, -0.15) is 13.2 Å². The fraction of sp³-hybridized carbons (Fsp3) is 1.00. The standard InChI is InChI=1S/C9H16F3NO/c1-8(14,9(10,11)12)7-3-5-13(2)6-4-7/h7,14H,3-6H2,1-2H3. The fourth-order valence-electron chi connectivity index (χ4n) is 1.80. The van der Waals surface area contributed by atoms with Crippen LogP contribution >= 0.6 is 0 Å². The second-order valence-corrected chi connectivity index (χ2v) is 4.22. The van der Waals surface area contributed by atoms with Crippen LogP contribution in [0.15, 0.2) is 0 Å². The summed E-state index contributed by atoms with van der Waals surface area (Å²) < 4.78 is 37.4. The first-order valence-corrected chi connectivity index (χ1v) is 4.73. The Balaban J connectivity index is 2.65. The van der Waals surface area contributed by atoms with Crippen molar-refractivity contribution in [2.75, 3.05) is 20.1 Å².